The summed E-state index contributed by atoms with van der Waals surface area (Å²) in [5, 5.41) is 12.5. The van der Waals surface area contributed by atoms with Crippen LogP contribution >= 0.6 is 11.8 Å². The van der Waals surface area contributed by atoms with Gasteiger partial charge in [-0.1, -0.05) is 11.2 Å². The predicted octanol–water partition coefficient (Wildman–Crippen LogP) is 2.69. The summed E-state index contributed by atoms with van der Waals surface area (Å²) >= 11 is 1.84. The molecule has 0 saturated heterocycles. The second-order valence-electron chi connectivity index (χ2n) is 3.80. The van der Waals surface area contributed by atoms with E-state index in [9.17, 15) is 4.79 Å². The van der Waals surface area contributed by atoms with Crippen molar-refractivity contribution in [2.75, 3.05) is 5.75 Å². The molecule has 0 fully saturated rings. The molecule has 17 heavy (non-hydrogen) atoms. The van der Waals surface area contributed by atoms with Crippen molar-refractivity contribution in [2.45, 2.75) is 11.3 Å². The number of hydrogen-bond donors (Lipinski definition) is 1. The Labute approximate surface area is 102 Å². The first-order valence-corrected chi connectivity index (χ1v) is 6.19. The van der Waals surface area contributed by atoms with Gasteiger partial charge in [-0.3, -0.25) is 0 Å². The highest BCUT2D eigenvalue weighted by molar-refractivity contribution is 7.99. The number of carboxylic acids is 1. The van der Waals surface area contributed by atoms with Crippen LogP contribution in [0.2, 0.25) is 0 Å². The largest absolute Gasteiger partial charge is 0.475 e. The van der Waals surface area contributed by atoms with Crippen LogP contribution in [0.25, 0.3) is 11.3 Å². The molecular weight excluding hydrogens is 238 g/mol. The Morgan fingerprint density at radius 1 is 1.41 bits per heavy atom. The van der Waals surface area contributed by atoms with Crippen molar-refractivity contribution in [1.29, 1.82) is 0 Å². The molecule has 0 radical (unpaired) electrons. The molecule has 1 aromatic carbocycles. The highest BCUT2D eigenvalue weighted by atomic mass is 32.2. The number of carbonyl (C=O) groups is 1. The van der Waals surface area contributed by atoms with Crippen LogP contribution in [0.3, 0.4) is 0 Å². The van der Waals surface area contributed by atoms with E-state index in [2.05, 4.69) is 17.3 Å². The average Bonchev–Trinajstić information content (AvgIpc) is 2.97. The summed E-state index contributed by atoms with van der Waals surface area (Å²) in [5.74, 6) is -0.117. The number of thioether (sulfide) groups is 1. The quantitative estimate of drug-likeness (QED) is 0.883. The van der Waals surface area contributed by atoms with E-state index >= 15 is 0 Å². The van der Waals surface area contributed by atoms with E-state index in [4.69, 9.17) is 9.63 Å². The Morgan fingerprint density at radius 3 is 3.06 bits per heavy atom. The van der Waals surface area contributed by atoms with Crippen LogP contribution in [0, 0.1) is 0 Å². The van der Waals surface area contributed by atoms with Crippen LogP contribution in [0.1, 0.15) is 16.1 Å². The first-order valence-electron chi connectivity index (χ1n) is 5.20. The van der Waals surface area contributed by atoms with Crippen LogP contribution in [-0.2, 0) is 6.42 Å². The van der Waals surface area contributed by atoms with Gasteiger partial charge in [0.25, 0.3) is 0 Å². The fourth-order valence-electron chi connectivity index (χ4n) is 1.86. The number of nitrogens with zero attached hydrogens (tertiary/aromatic N) is 1. The van der Waals surface area contributed by atoms with Gasteiger partial charge in [-0.2, -0.15) is 0 Å². The summed E-state index contributed by atoms with van der Waals surface area (Å²) in [5.41, 5.74) is 2.77. The second-order valence-corrected chi connectivity index (χ2v) is 4.94. The average molecular weight is 247 g/mol. The number of carboxylic acid groups (broad SMARTS) is 1. The molecule has 0 saturated carbocycles. The first kappa shape index (κ1) is 10.4. The molecule has 4 nitrogen and oxygen atoms in total. The van der Waals surface area contributed by atoms with Crippen molar-refractivity contribution >= 4 is 17.7 Å². The lowest BCUT2D eigenvalue weighted by Gasteiger charge is -2.00. The van der Waals surface area contributed by atoms with Crippen LogP contribution in [0.15, 0.2) is 33.7 Å². The van der Waals surface area contributed by atoms with Gasteiger partial charge in [-0.25, -0.2) is 4.79 Å². The minimum Gasteiger partial charge on any atom is -0.475 e. The van der Waals surface area contributed by atoms with Gasteiger partial charge in [0.2, 0.25) is 5.76 Å². The van der Waals surface area contributed by atoms with E-state index in [0.717, 1.165) is 17.7 Å². The third kappa shape index (κ3) is 1.82. The Balaban J connectivity index is 2.00. The highest BCUT2D eigenvalue weighted by Crippen LogP contribution is 2.34. The Hall–Kier alpha value is -1.75. The molecule has 1 aromatic heterocycles. The minimum absolute atomic E-state index is 0.130. The molecule has 2 heterocycles. The van der Waals surface area contributed by atoms with Gasteiger partial charge in [0.15, 0.2) is 0 Å². The molecule has 1 aliphatic rings. The fraction of sp³-hybridized carbons (Fsp3) is 0.167. The van der Waals surface area contributed by atoms with E-state index < -0.39 is 5.97 Å². The lowest BCUT2D eigenvalue weighted by atomic mass is 10.1. The third-order valence-electron chi connectivity index (χ3n) is 2.71. The molecule has 1 aliphatic heterocycles. The molecule has 0 spiro atoms. The van der Waals surface area contributed by atoms with Gasteiger partial charge < -0.3 is 9.63 Å². The van der Waals surface area contributed by atoms with Crippen molar-refractivity contribution in [3.63, 3.8) is 0 Å². The number of aryl methyl sites for hydroxylation is 1. The molecule has 0 aliphatic carbocycles. The van der Waals surface area contributed by atoms with Crippen LogP contribution in [-0.4, -0.2) is 22.0 Å². The van der Waals surface area contributed by atoms with E-state index in [0.29, 0.717) is 5.69 Å². The smallest absolute Gasteiger partial charge is 0.374 e. The summed E-state index contributed by atoms with van der Waals surface area (Å²) in [4.78, 5) is 12.0. The Morgan fingerprint density at radius 2 is 2.29 bits per heavy atom. The third-order valence-corrected chi connectivity index (χ3v) is 3.82. The van der Waals surface area contributed by atoms with Crippen LogP contribution < -0.4 is 0 Å². The van der Waals surface area contributed by atoms with Crippen molar-refractivity contribution in [3.05, 3.63) is 35.6 Å². The zero-order valence-electron chi connectivity index (χ0n) is 8.84. The van der Waals surface area contributed by atoms with Gasteiger partial charge in [-0.15, -0.1) is 11.8 Å². The molecule has 3 rings (SSSR count). The minimum atomic E-state index is -1.10. The Kier molecular flexibility index (Phi) is 2.40. The molecule has 2 aromatic rings. The number of rotatable bonds is 2. The fourth-order valence-corrected chi connectivity index (χ4v) is 2.91. The molecule has 0 atom stereocenters. The predicted molar refractivity (Wildman–Crippen MR) is 63.3 cm³/mol. The molecule has 1 N–H and O–H groups in total. The summed E-state index contributed by atoms with van der Waals surface area (Å²) in [7, 11) is 0. The standard InChI is InChI=1S/C12H9NO3S/c14-12(15)10-6-9(13-16-10)7-1-2-11-8(5-7)3-4-17-11/h1-2,5-6H,3-4H2,(H,14,15). The molecule has 5 heteroatoms. The number of aromatic nitrogens is 1. The highest BCUT2D eigenvalue weighted by Gasteiger charge is 2.15. The summed E-state index contributed by atoms with van der Waals surface area (Å²) in [6, 6.07) is 7.50. The van der Waals surface area contributed by atoms with Gasteiger partial charge in [0.1, 0.15) is 5.69 Å². The van der Waals surface area contributed by atoms with Crippen molar-refractivity contribution < 1.29 is 14.4 Å². The van der Waals surface area contributed by atoms with Gasteiger partial charge in [-0.05, 0) is 24.1 Å². The van der Waals surface area contributed by atoms with Gasteiger partial charge >= 0.3 is 5.97 Å². The molecular formula is C12H9NO3S. The van der Waals surface area contributed by atoms with Crippen molar-refractivity contribution in [1.82, 2.24) is 5.16 Å². The molecule has 0 amide bonds. The van der Waals surface area contributed by atoms with E-state index in [1.165, 1.54) is 16.5 Å². The first-order chi connectivity index (χ1) is 8.24. The van der Waals surface area contributed by atoms with E-state index in [-0.39, 0.29) is 5.76 Å². The maximum atomic E-state index is 10.7. The number of aromatic carboxylic acids is 1. The number of hydrogen-bond acceptors (Lipinski definition) is 4. The molecule has 0 bridgehead atoms. The van der Waals surface area contributed by atoms with Gasteiger partial charge in [0, 0.05) is 22.3 Å². The van der Waals surface area contributed by atoms with E-state index in [1.54, 1.807) is 0 Å². The Bertz CT molecular complexity index is 591. The lowest BCUT2D eigenvalue weighted by molar-refractivity contribution is 0.0652. The van der Waals surface area contributed by atoms with Crippen molar-refractivity contribution in [2.24, 2.45) is 0 Å². The number of fused-ring (bicyclic) bond motifs is 1. The van der Waals surface area contributed by atoms with Gasteiger partial charge in [0.05, 0.1) is 0 Å². The zero-order chi connectivity index (χ0) is 11.8. The normalized spacial score (nSPS) is 13.6. The maximum Gasteiger partial charge on any atom is 0.374 e. The van der Waals surface area contributed by atoms with Crippen LogP contribution in [0.5, 0.6) is 0 Å². The number of benzene rings is 1. The molecule has 86 valence electrons. The van der Waals surface area contributed by atoms with Crippen LogP contribution in [0.4, 0.5) is 0 Å². The summed E-state index contributed by atoms with van der Waals surface area (Å²) in [6.45, 7) is 0. The zero-order valence-corrected chi connectivity index (χ0v) is 9.66. The SMILES string of the molecule is O=C(O)c1cc(-c2ccc3c(c2)CCS3)no1. The van der Waals surface area contributed by atoms with E-state index in [1.807, 2.05) is 17.8 Å². The lowest BCUT2D eigenvalue weighted by Crippen LogP contribution is -1.91. The summed E-state index contributed by atoms with van der Waals surface area (Å²) in [6.07, 6.45) is 1.05. The monoisotopic (exact) mass is 247 g/mol. The van der Waals surface area contributed by atoms with Crippen molar-refractivity contribution in [3.8, 4) is 11.3 Å². The molecule has 0 unspecified atom stereocenters. The maximum absolute atomic E-state index is 10.7. The topological polar surface area (TPSA) is 63.3 Å². The summed E-state index contributed by atoms with van der Waals surface area (Å²) < 4.78 is 4.75. The second kappa shape index (κ2) is 3.92.